The Morgan fingerprint density at radius 3 is 2.67 bits per heavy atom. The van der Waals surface area contributed by atoms with Crippen molar-refractivity contribution in [1.29, 1.82) is 0 Å². The third-order valence-corrected chi connectivity index (χ3v) is 3.51. The highest BCUT2D eigenvalue weighted by Gasteiger charge is 2.44. The van der Waals surface area contributed by atoms with E-state index in [1.165, 1.54) is 0 Å². The molecule has 0 radical (unpaired) electrons. The van der Waals surface area contributed by atoms with Crippen molar-refractivity contribution in [1.82, 2.24) is 5.32 Å². The standard InChI is InChI=1S/C14H19NO3/c1-2-10(8-16)15-14(18)13-7-12(13)9-3-5-11(17)6-4-9/h3-6,10,12-13,16-17H,2,7-8H2,1H3,(H,15,18). The monoisotopic (exact) mass is 249 g/mol. The Bertz CT molecular complexity index is 412. The molecule has 3 atom stereocenters. The molecule has 3 unspecified atom stereocenters. The van der Waals surface area contributed by atoms with Crippen LogP contribution >= 0.6 is 0 Å². The maximum atomic E-state index is 11.9. The topological polar surface area (TPSA) is 69.6 Å². The first-order valence-corrected chi connectivity index (χ1v) is 6.35. The molecule has 0 aliphatic heterocycles. The van der Waals surface area contributed by atoms with Crippen molar-refractivity contribution >= 4 is 5.91 Å². The number of rotatable bonds is 5. The molecule has 98 valence electrons. The highest BCUT2D eigenvalue weighted by Crippen LogP contribution is 2.47. The van der Waals surface area contributed by atoms with Gasteiger partial charge in [0.05, 0.1) is 12.6 Å². The second-order valence-electron chi connectivity index (χ2n) is 4.84. The molecule has 4 nitrogen and oxygen atoms in total. The van der Waals surface area contributed by atoms with E-state index in [4.69, 9.17) is 5.11 Å². The molecule has 0 aromatic heterocycles. The molecule has 2 rings (SSSR count). The molecule has 1 amide bonds. The second kappa shape index (κ2) is 5.40. The summed E-state index contributed by atoms with van der Waals surface area (Å²) >= 11 is 0. The minimum atomic E-state index is -0.140. The van der Waals surface area contributed by atoms with E-state index >= 15 is 0 Å². The van der Waals surface area contributed by atoms with Gasteiger partial charge in [-0.3, -0.25) is 4.79 Å². The molecule has 18 heavy (non-hydrogen) atoms. The van der Waals surface area contributed by atoms with Crippen molar-refractivity contribution in [2.75, 3.05) is 6.61 Å². The first-order chi connectivity index (χ1) is 8.65. The van der Waals surface area contributed by atoms with Crippen LogP contribution in [0.1, 0.15) is 31.2 Å². The number of amides is 1. The van der Waals surface area contributed by atoms with E-state index in [9.17, 15) is 9.90 Å². The summed E-state index contributed by atoms with van der Waals surface area (Å²) in [5, 5.41) is 21.1. The van der Waals surface area contributed by atoms with Gasteiger partial charge in [-0.1, -0.05) is 19.1 Å². The maximum absolute atomic E-state index is 11.9. The van der Waals surface area contributed by atoms with Gasteiger partial charge in [0.1, 0.15) is 5.75 Å². The molecule has 0 spiro atoms. The third kappa shape index (κ3) is 2.82. The number of phenols is 1. The summed E-state index contributed by atoms with van der Waals surface area (Å²) in [4.78, 5) is 11.9. The van der Waals surface area contributed by atoms with E-state index in [1.54, 1.807) is 12.1 Å². The minimum absolute atomic E-state index is 0.00939. The van der Waals surface area contributed by atoms with E-state index < -0.39 is 0 Å². The maximum Gasteiger partial charge on any atom is 0.224 e. The van der Waals surface area contributed by atoms with Crippen LogP contribution in [0.2, 0.25) is 0 Å². The summed E-state index contributed by atoms with van der Waals surface area (Å²) in [6.07, 6.45) is 1.58. The number of benzene rings is 1. The zero-order chi connectivity index (χ0) is 13.1. The molecule has 1 aromatic rings. The van der Waals surface area contributed by atoms with Gasteiger partial charge in [-0.15, -0.1) is 0 Å². The van der Waals surface area contributed by atoms with Crippen molar-refractivity contribution in [2.24, 2.45) is 5.92 Å². The number of phenolic OH excluding ortho intramolecular Hbond substituents is 1. The summed E-state index contributed by atoms with van der Waals surface area (Å²) in [6, 6.07) is 6.86. The quantitative estimate of drug-likeness (QED) is 0.738. The fourth-order valence-corrected chi connectivity index (χ4v) is 2.16. The highest BCUT2D eigenvalue weighted by molar-refractivity contribution is 5.83. The molecular formula is C14H19NO3. The van der Waals surface area contributed by atoms with Gasteiger partial charge < -0.3 is 15.5 Å². The lowest BCUT2D eigenvalue weighted by Gasteiger charge is -2.13. The molecule has 1 saturated carbocycles. The normalized spacial score (nSPS) is 23.4. The van der Waals surface area contributed by atoms with Crippen molar-refractivity contribution in [3.63, 3.8) is 0 Å². The number of carbonyl (C=O) groups is 1. The first-order valence-electron chi connectivity index (χ1n) is 6.35. The molecule has 1 fully saturated rings. The van der Waals surface area contributed by atoms with Gasteiger partial charge in [0, 0.05) is 5.92 Å². The Morgan fingerprint density at radius 2 is 2.11 bits per heavy atom. The number of nitrogens with one attached hydrogen (secondary N) is 1. The zero-order valence-corrected chi connectivity index (χ0v) is 10.5. The number of aliphatic hydroxyl groups is 1. The number of carbonyl (C=O) groups excluding carboxylic acids is 1. The summed E-state index contributed by atoms with van der Waals surface area (Å²) in [5.41, 5.74) is 1.09. The van der Waals surface area contributed by atoms with Gasteiger partial charge in [-0.2, -0.15) is 0 Å². The lowest BCUT2D eigenvalue weighted by Crippen LogP contribution is -2.38. The molecule has 1 aromatic carbocycles. The Kier molecular flexibility index (Phi) is 3.87. The van der Waals surface area contributed by atoms with Gasteiger partial charge in [-0.05, 0) is 36.5 Å². The van der Waals surface area contributed by atoms with Gasteiger partial charge in [-0.25, -0.2) is 0 Å². The summed E-state index contributed by atoms with van der Waals surface area (Å²) in [5.74, 6) is 0.526. The van der Waals surface area contributed by atoms with Crippen molar-refractivity contribution in [2.45, 2.75) is 31.7 Å². The van der Waals surface area contributed by atoms with Crippen LogP contribution in [-0.2, 0) is 4.79 Å². The van der Waals surface area contributed by atoms with Crippen LogP contribution in [0.15, 0.2) is 24.3 Å². The van der Waals surface area contributed by atoms with Crippen molar-refractivity contribution in [3.05, 3.63) is 29.8 Å². The number of aromatic hydroxyl groups is 1. The van der Waals surface area contributed by atoms with Crippen LogP contribution < -0.4 is 5.32 Å². The predicted molar refractivity (Wildman–Crippen MR) is 68.3 cm³/mol. The van der Waals surface area contributed by atoms with Crippen molar-refractivity contribution < 1.29 is 15.0 Å². The van der Waals surface area contributed by atoms with Gasteiger partial charge >= 0.3 is 0 Å². The molecule has 4 heteroatoms. The van der Waals surface area contributed by atoms with Gasteiger partial charge in [0.15, 0.2) is 0 Å². The summed E-state index contributed by atoms with van der Waals surface area (Å²) in [6.45, 7) is 1.92. The van der Waals surface area contributed by atoms with Crippen LogP contribution in [0.25, 0.3) is 0 Å². The fourth-order valence-electron chi connectivity index (χ4n) is 2.16. The second-order valence-corrected chi connectivity index (χ2v) is 4.84. The lowest BCUT2D eigenvalue weighted by atomic mass is 10.1. The molecular weight excluding hydrogens is 230 g/mol. The predicted octanol–water partition coefficient (Wildman–Crippen LogP) is 1.38. The molecule has 0 bridgehead atoms. The average Bonchev–Trinajstić information content (AvgIpc) is 3.17. The van der Waals surface area contributed by atoms with E-state index in [2.05, 4.69) is 5.32 Å². The van der Waals surface area contributed by atoms with E-state index in [0.717, 1.165) is 18.4 Å². The number of hydrogen-bond acceptors (Lipinski definition) is 3. The fraction of sp³-hybridized carbons (Fsp3) is 0.500. The molecule has 0 saturated heterocycles. The van der Waals surface area contributed by atoms with E-state index in [0.29, 0.717) is 0 Å². The zero-order valence-electron chi connectivity index (χ0n) is 10.5. The Balaban J connectivity index is 1.90. The van der Waals surface area contributed by atoms with Crippen molar-refractivity contribution in [3.8, 4) is 5.75 Å². The van der Waals surface area contributed by atoms with Crippen LogP contribution in [0.3, 0.4) is 0 Å². The van der Waals surface area contributed by atoms with E-state index in [1.807, 2.05) is 19.1 Å². The third-order valence-electron chi connectivity index (χ3n) is 3.51. The lowest BCUT2D eigenvalue weighted by molar-refractivity contribution is -0.123. The SMILES string of the molecule is CCC(CO)NC(=O)C1CC1c1ccc(O)cc1. The highest BCUT2D eigenvalue weighted by atomic mass is 16.3. The molecule has 3 N–H and O–H groups in total. The van der Waals surface area contributed by atoms with E-state index in [-0.39, 0.29) is 36.1 Å². The van der Waals surface area contributed by atoms with Gasteiger partial charge in [0.25, 0.3) is 0 Å². The van der Waals surface area contributed by atoms with Crippen LogP contribution in [0.4, 0.5) is 0 Å². The Hall–Kier alpha value is -1.55. The summed E-state index contributed by atoms with van der Waals surface area (Å²) in [7, 11) is 0. The van der Waals surface area contributed by atoms with Crippen LogP contribution in [-0.4, -0.2) is 28.8 Å². The largest absolute Gasteiger partial charge is 0.508 e. The Labute approximate surface area is 107 Å². The number of hydrogen-bond donors (Lipinski definition) is 3. The Morgan fingerprint density at radius 1 is 1.44 bits per heavy atom. The van der Waals surface area contributed by atoms with Crippen LogP contribution in [0.5, 0.6) is 5.75 Å². The van der Waals surface area contributed by atoms with Crippen LogP contribution in [0, 0.1) is 5.92 Å². The summed E-state index contributed by atoms with van der Waals surface area (Å²) < 4.78 is 0. The molecule has 1 aliphatic rings. The average molecular weight is 249 g/mol. The minimum Gasteiger partial charge on any atom is -0.508 e. The molecule has 0 heterocycles. The molecule has 1 aliphatic carbocycles. The number of aliphatic hydroxyl groups excluding tert-OH is 1. The van der Waals surface area contributed by atoms with Gasteiger partial charge in [0.2, 0.25) is 5.91 Å². The smallest absolute Gasteiger partial charge is 0.224 e. The first kappa shape index (κ1) is 12.9.